The van der Waals surface area contributed by atoms with Crippen molar-refractivity contribution < 1.29 is 13.9 Å². The predicted molar refractivity (Wildman–Crippen MR) is 79.0 cm³/mol. The molecule has 0 N–H and O–H groups in total. The number of para-hydroxylation sites is 2. The van der Waals surface area contributed by atoms with Crippen LogP contribution in [0.4, 0.5) is 0 Å². The Labute approximate surface area is 120 Å². The Balaban J connectivity index is 1.92. The molecule has 2 rings (SSSR count). The van der Waals surface area contributed by atoms with Gasteiger partial charge in [-0.15, -0.1) is 0 Å². The third kappa shape index (κ3) is 3.25. The monoisotopic (exact) mass is 295 g/mol. The first-order chi connectivity index (χ1) is 9.63. The lowest BCUT2D eigenvalue weighted by molar-refractivity contribution is -0.143. The molecule has 20 heavy (non-hydrogen) atoms. The fourth-order valence-electron chi connectivity index (χ4n) is 1.91. The van der Waals surface area contributed by atoms with E-state index < -0.39 is 0 Å². The van der Waals surface area contributed by atoms with Crippen LogP contribution in [-0.2, 0) is 16.1 Å². The Hall–Kier alpha value is -1.69. The summed E-state index contributed by atoms with van der Waals surface area (Å²) >= 11 is 1.62. The van der Waals surface area contributed by atoms with Crippen LogP contribution in [0, 0.1) is 5.92 Å². The Kier molecular flexibility index (Phi) is 4.89. The van der Waals surface area contributed by atoms with E-state index in [1.165, 1.54) is 7.11 Å². The van der Waals surface area contributed by atoms with Crippen molar-refractivity contribution in [3.8, 4) is 0 Å². The van der Waals surface area contributed by atoms with E-state index in [1.807, 2.05) is 25.1 Å². The van der Waals surface area contributed by atoms with Crippen molar-refractivity contribution >= 4 is 28.8 Å². The zero-order valence-electron chi connectivity index (χ0n) is 11.5. The number of thioether (sulfide) groups is 1. The Morgan fingerprint density at radius 2 is 2.20 bits per heavy atom. The molecule has 0 saturated carbocycles. The lowest BCUT2D eigenvalue weighted by Crippen LogP contribution is -2.18. The molecule has 0 aliphatic rings. The van der Waals surface area contributed by atoms with E-state index in [-0.39, 0.29) is 17.6 Å². The second-order valence-corrected chi connectivity index (χ2v) is 5.64. The molecule has 0 aliphatic heterocycles. The van der Waals surface area contributed by atoms with Crippen molar-refractivity contribution in [3.05, 3.63) is 34.8 Å². The highest BCUT2D eigenvalue weighted by Gasteiger charge is 2.13. The van der Waals surface area contributed by atoms with Crippen LogP contribution in [0.1, 0.15) is 6.92 Å². The molecule has 6 heteroatoms. The average molecular weight is 295 g/mol. The highest BCUT2D eigenvalue weighted by atomic mass is 32.2. The van der Waals surface area contributed by atoms with Gasteiger partial charge in [-0.25, -0.2) is 4.79 Å². The molecule has 0 fully saturated rings. The minimum absolute atomic E-state index is 0.136. The number of hydrogen-bond donors (Lipinski definition) is 0. The number of esters is 1. The number of methoxy groups -OCH3 is 1. The van der Waals surface area contributed by atoms with Gasteiger partial charge in [0.25, 0.3) is 0 Å². The van der Waals surface area contributed by atoms with Crippen LogP contribution in [0.15, 0.2) is 33.5 Å². The fraction of sp³-hybridized carbons (Fsp3) is 0.429. The van der Waals surface area contributed by atoms with Crippen molar-refractivity contribution in [1.82, 2.24) is 4.57 Å². The zero-order valence-corrected chi connectivity index (χ0v) is 12.3. The molecule has 1 aromatic heterocycles. The zero-order chi connectivity index (χ0) is 14.5. The molecule has 2 aromatic rings. The molecule has 5 nitrogen and oxygen atoms in total. The quantitative estimate of drug-likeness (QED) is 0.603. The number of carbonyl (C=O) groups excluding carboxylic acids is 1. The minimum Gasteiger partial charge on any atom is -0.469 e. The van der Waals surface area contributed by atoms with Gasteiger partial charge < -0.3 is 9.15 Å². The number of ether oxygens (including phenoxy) is 1. The van der Waals surface area contributed by atoms with Gasteiger partial charge in [-0.2, -0.15) is 11.8 Å². The van der Waals surface area contributed by atoms with Crippen molar-refractivity contribution in [2.75, 3.05) is 18.6 Å². The Bertz CT molecular complexity index is 646. The first-order valence-electron chi connectivity index (χ1n) is 6.37. The average Bonchev–Trinajstić information content (AvgIpc) is 2.78. The standard InChI is InChI=1S/C14H17NO4S/c1-10(13(16)18-2)9-20-8-7-15-11-5-3-4-6-12(11)19-14(15)17/h3-6,10H,7-9H2,1-2H3. The van der Waals surface area contributed by atoms with Crippen LogP contribution in [0.5, 0.6) is 0 Å². The topological polar surface area (TPSA) is 61.4 Å². The Morgan fingerprint density at radius 3 is 2.95 bits per heavy atom. The van der Waals surface area contributed by atoms with Gasteiger partial charge in [0, 0.05) is 18.1 Å². The SMILES string of the molecule is COC(=O)C(C)CSCCn1c(=O)oc2ccccc21. The van der Waals surface area contributed by atoms with Gasteiger partial charge in [-0.1, -0.05) is 19.1 Å². The maximum atomic E-state index is 11.7. The van der Waals surface area contributed by atoms with E-state index in [0.717, 1.165) is 11.3 Å². The van der Waals surface area contributed by atoms with Crippen LogP contribution >= 0.6 is 11.8 Å². The van der Waals surface area contributed by atoms with Crippen LogP contribution < -0.4 is 5.76 Å². The Morgan fingerprint density at radius 1 is 1.45 bits per heavy atom. The summed E-state index contributed by atoms with van der Waals surface area (Å²) in [7, 11) is 1.39. The van der Waals surface area contributed by atoms with Crippen LogP contribution in [0.3, 0.4) is 0 Å². The molecule has 0 amide bonds. The molecular weight excluding hydrogens is 278 g/mol. The summed E-state index contributed by atoms with van der Waals surface area (Å²) < 4.78 is 11.4. The van der Waals surface area contributed by atoms with E-state index >= 15 is 0 Å². The summed E-state index contributed by atoms with van der Waals surface area (Å²) in [6, 6.07) is 7.35. The van der Waals surface area contributed by atoms with E-state index in [4.69, 9.17) is 4.42 Å². The van der Waals surface area contributed by atoms with E-state index in [0.29, 0.717) is 17.9 Å². The van der Waals surface area contributed by atoms with Crippen LogP contribution in [-0.4, -0.2) is 29.2 Å². The molecule has 1 unspecified atom stereocenters. The van der Waals surface area contributed by atoms with Crippen molar-refractivity contribution in [3.63, 3.8) is 0 Å². The number of rotatable bonds is 6. The molecule has 0 aliphatic carbocycles. The molecule has 1 aromatic carbocycles. The molecule has 0 bridgehead atoms. The second-order valence-electron chi connectivity index (χ2n) is 4.49. The summed E-state index contributed by atoms with van der Waals surface area (Å²) in [6.45, 7) is 2.40. The normalized spacial score (nSPS) is 12.5. The van der Waals surface area contributed by atoms with Crippen molar-refractivity contribution in [2.45, 2.75) is 13.5 Å². The van der Waals surface area contributed by atoms with Gasteiger partial charge in [0.05, 0.1) is 18.5 Å². The van der Waals surface area contributed by atoms with Gasteiger partial charge in [0.2, 0.25) is 0 Å². The largest absolute Gasteiger partial charge is 0.469 e. The first kappa shape index (κ1) is 14.7. The number of fused-ring (bicyclic) bond motifs is 1. The highest BCUT2D eigenvalue weighted by Crippen LogP contribution is 2.14. The van der Waals surface area contributed by atoms with Crippen LogP contribution in [0.2, 0.25) is 0 Å². The van der Waals surface area contributed by atoms with E-state index in [1.54, 1.807) is 22.4 Å². The lowest BCUT2D eigenvalue weighted by atomic mass is 10.2. The predicted octanol–water partition coefficient (Wildman–Crippen LogP) is 2.14. The summed E-state index contributed by atoms with van der Waals surface area (Å²) in [5.74, 6) is 0.737. The summed E-state index contributed by atoms with van der Waals surface area (Å²) in [5.41, 5.74) is 1.41. The van der Waals surface area contributed by atoms with Gasteiger partial charge in [-0.05, 0) is 12.1 Å². The van der Waals surface area contributed by atoms with E-state index in [2.05, 4.69) is 4.74 Å². The molecule has 0 radical (unpaired) electrons. The highest BCUT2D eigenvalue weighted by molar-refractivity contribution is 7.99. The summed E-state index contributed by atoms with van der Waals surface area (Å²) in [4.78, 5) is 23.0. The molecule has 0 spiro atoms. The molecule has 0 saturated heterocycles. The fourth-order valence-corrected chi connectivity index (χ4v) is 2.88. The molecule has 1 atom stereocenters. The lowest BCUT2D eigenvalue weighted by Gasteiger charge is -2.08. The second kappa shape index (κ2) is 6.65. The number of oxazole rings is 1. The van der Waals surface area contributed by atoms with Crippen molar-refractivity contribution in [1.29, 1.82) is 0 Å². The number of aromatic nitrogens is 1. The third-order valence-corrected chi connectivity index (χ3v) is 4.21. The smallest absolute Gasteiger partial charge is 0.419 e. The summed E-state index contributed by atoms with van der Waals surface area (Å²) in [6.07, 6.45) is 0. The molecule has 1 heterocycles. The number of nitrogens with zero attached hydrogens (tertiary/aromatic N) is 1. The van der Waals surface area contributed by atoms with Gasteiger partial charge in [0.15, 0.2) is 5.58 Å². The van der Waals surface area contributed by atoms with Gasteiger partial charge in [-0.3, -0.25) is 9.36 Å². The minimum atomic E-state index is -0.340. The third-order valence-electron chi connectivity index (χ3n) is 3.00. The number of benzene rings is 1. The maximum absolute atomic E-state index is 11.7. The number of carbonyl (C=O) groups is 1. The van der Waals surface area contributed by atoms with Gasteiger partial charge in [0.1, 0.15) is 0 Å². The van der Waals surface area contributed by atoms with Gasteiger partial charge >= 0.3 is 11.7 Å². The number of aryl methyl sites for hydroxylation is 1. The first-order valence-corrected chi connectivity index (χ1v) is 7.53. The van der Waals surface area contributed by atoms with E-state index in [9.17, 15) is 9.59 Å². The summed E-state index contributed by atoms with van der Waals surface area (Å²) in [5, 5.41) is 0. The van der Waals surface area contributed by atoms with Crippen molar-refractivity contribution in [2.24, 2.45) is 5.92 Å². The molecular formula is C14H17NO4S. The number of hydrogen-bond acceptors (Lipinski definition) is 5. The molecule has 108 valence electrons. The maximum Gasteiger partial charge on any atom is 0.419 e. The van der Waals surface area contributed by atoms with Crippen LogP contribution in [0.25, 0.3) is 11.1 Å².